The number of hydrogen-bond donors (Lipinski definition) is 2. The highest BCUT2D eigenvalue weighted by Gasteiger charge is 2.30. The Kier molecular flexibility index (Phi) is 4.98. The van der Waals surface area contributed by atoms with Gasteiger partial charge in [-0.05, 0) is 31.7 Å². The average Bonchev–Trinajstić information content (AvgIpc) is 2.91. The fourth-order valence-corrected chi connectivity index (χ4v) is 2.15. The predicted molar refractivity (Wildman–Crippen MR) is 59.0 cm³/mol. The van der Waals surface area contributed by atoms with Crippen molar-refractivity contribution in [2.75, 3.05) is 26.0 Å². The lowest BCUT2D eigenvalue weighted by atomic mass is 10.2. The van der Waals surface area contributed by atoms with Gasteiger partial charge in [0.2, 0.25) is 10.0 Å². The molecular weight excluding hydrogens is 216 g/mol. The monoisotopic (exact) mass is 236 g/mol. The van der Waals surface area contributed by atoms with Crippen LogP contribution in [-0.4, -0.2) is 40.5 Å². The van der Waals surface area contributed by atoms with Gasteiger partial charge >= 0.3 is 0 Å². The number of hydrogen-bond acceptors (Lipinski definition) is 4. The van der Waals surface area contributed by atoms with Crippen molar-refractivity contribution in [3.8, 4) is 0 Å². The minimum absolute atomic E-state index is 0.0460. The SMILES string of the molecule is COCC(NCCCS(N)(=O)=O)C1CC1. The van der Waals surface area contributed by atoms with Gasteiger partial charge < -0.3 is 10.1 Å². The van der Waals surface area contributed by atoms with E-state index in [-0.39, 0.29) is 5.75 Å². The van der Waals surface area contributed by atoms with E-state index in [1.165, 1.54) is 12.8 Å². The van der Waals surface area contributed by atoms with E-state index in [0.717, 1.165) is 0 Å². The van der Waals surface area contributed by atoms with Crippen LogP contribution in [-0.2, 0) is 14.8 Å². The highest BCUT2D eigenvalue weighted by Crippen LogP contribution is 2.32. The van der Waals surface area contributed by atoms with Crippen molar-refractivity contribution in [2.24, 2.45) is 11.1 Å². The Morgan fingerprint density at radius 2 is 2.20 bits per heavy atom. The zero-order valence-electron chi connectivity index (χ0n) is 9.11. The van der Waals surface area contributed by atoms with E-state index in [4.69, 9.17) is 9.88 Å². The third-order valence-corrected chi connectivity index (χ3v) is 3.41. The van der Waals surface area contributed by atoms with Gasteiger partial charge in [0, 0.05) is 13.2 Å². The van der Waals surface area contributed by atoms with Crippen LogP contribution in [0.3, 0.4) is 0 Å². The van der Waals surface area contributed by atoms with Gasteiger partial charge in [0.25, 0.3) is 0 Å². The van der Waals surface area contributed by atoms with E-state index >= 15 is 0 Å². The number of nitrogens with one attached hydrogen (secondary N) is 1. The molecule has 3 N–H and O–H groups in total. The fraction of sp³-hybridized carbons (Fsp3) is 1.00. The number of nitrogens with two attached hydrogens (primary N) is 1. The van der Waals surface area contributed by atoms with E-state index in [1.54, 1.807) is 7.11 Å². The molecule has 0 radical (unpaired) electrons. The van der Waals surface area contributed by atoms with Crippen LogP contribution in [0.15, 0.2) is 0 Å². The molecule has 15 heavy (non-hydrogen) atoms. The van der Waals surface area contributed by atoms with Gasteiger partial charge in [0.1, 0.15) is 0 Å². The van der Waals surface area contributed by atoms with Crippen LogP contribution < -0.4 is 10.5 Å². The van der Waals surface area contributed by atoms with E-state index in [2.05, 4.69) is 5.32 Å². The van der Waals surface area contributed by atoms with Gasteiger partial charge in [-0.15, -0.1) is 0 Å². The van der Waals surface area contributed by atoms with Crippen molar-refractivity contribution < 1.29 is 13.2 Å². The number of methoxy groups -OCH3 is 1. The molecule has 1 aliphatic carbocycles. The maximum absolute atomic E-state index is 10.7. The van der Waals surface area contributed by atoms with Gasteiger partial charge in [0.15, 0.2) is 0 Å². The third-order valence-electron chi connectivity index (χ3n) is 2.55. The summed E-state index contributed by atoms with van der Waals surface area (Å²) >= 11 is 0. The molecule has 0 spiro atoms. The Morgan fingerprint density at radius 3 is 2.67 bits per heavy atom. The minimum atomic E-state index is -3.31. The van der Waals surface area contributed by atoms with Crippen LogP contribution in [0.5, 0.6) is 0 Å². The molecule has 1 unspecified atom stereocenters. The van der Waals surface area contributed by atoms with E-state index in [9.17, 15) is 8.42 Å². The second-order valence-corrected chi connectivity index (χ2v) is 5.81. The Hall–Kier alpha value is -0.170. The van der Waals surface area contributed by atoms with Gasteiger partial charge in [-0.25, -0.2) is 13.6 Å². The number of primary sulfonamides is 1. The molecule has 90 valence electrons. The molecule has 0 amide bonds. The zero-order chi connectivity index (χ0) is 11.3. The number of rotatable bonds is 8. The van der Waals surface area contributed by atoms with Crippen LogP contribution in [0.1, 0.15) is 19.3 Å². The predicted octanol–water partition coefficient (Wildman–Crippen LogP) is -0.320. The number of sulfonamides is 1. The average molecular weight is 236 g/mol. The maximum Gasteiger partial charge on any atom is 0.209 e. The molecule has 0 heterocycles. The first-order valence-electron chi connectivity index (χ1n) is 5.25. The van der Waals surface area contributed by atoms with Crippen molar-refractivity contribution in [1.82, 2.24) is 5.32 Å². The van der Waals surface area contributed by atoms with Crippen LogP contribution in [0.2, 0.25) is 0 Å². The molecule has 1 atom stereocenters. The summed E-state index contributed by atoms with van der Waals surface area (Å²) in [6, 6.07) is 0.371. The van der Waals surface area contributed by atoms with Crippen LogP contribution in [0, 0.1) is 5.92 Å². The van der Waals surface area contributed by atoms with Crippen molar-refractivity contribution in [3.63, 3.8) is 0 Å². The first-order valence-corrected chi connectivity index (χ1v) is 6.97. The van der Waals surface area contributed by atoms with Crippen molar-refractivity contribution in [3.05, 3.63) is 0 Å². The van der Waals surface area contributed by atoms with E-state index < -0.39 is 10.0 Å². The Morgan fingerprint density at radius 1 is 1.53 bits per heavy atom. The first-order chi connectivity index (χ1) is 7.03. The van der Waals surface area contributed by atoms with Gasteiger partial charge in [-0.3, -0.25) is 0 Å². The normalized spacial score (nSPS) is 19.1. The summed E-state index contributed by atoms with van der Waals surface area (Å²) in [5, 5.41) is 8.21. The summed E-state index contributed by atoms with van der Waals surface area (Å²) in [5.41, 5.74) is 0. The summed E-state index contributed by atoms with van der Waals surface area (Å²) in [4.78, 5) is 0. The second-order valence-electron chi connectivity index (χ2n) is 4.07. The quantitative estimate of drug-likeness (QED) is 0.566. The minimum Gasteiger partial charge on any atom is -0.383 e. The maximum atomic E-state index is 10.7. The molecule has 1 aliphatic rings. The zero-order valence-corrected chi connectivity index (χ0v) is 9.92. The van der Waals surface area contributed by atoms with Crippen LogP contribution >= 0.6 is 0 Å². The Labute approximate surface area is 91.4 Å². The summed E-state index contributed by atoms with van der Waals surface area (Å²) in [6.07, 6.45) is 3.05. The molecule has 1 saturated carbocycles. The van der Waals surface area contributed by atoms with Crippen LogP contribution in [0.25, 0.3) is 0 Å². The highest BCUT2D eigenvalue weighted by atomic mass is 32.2. The largest absolute Gasteiger partial charge is 0.383 e. The summed E-state index contributed by atoms with van der Waals surface area (Å²) in [5.74, 6) is 0.754. The standard InChI is InChI=1S/C9H20N2O3S/c1-14-7-9(8-3-4-8)11-5-2-6-15(10,12)13/h8-9,11H,2-7H2,1H3,(H2,10,12,13). The van der Waals surface area contributed by atoms with Gasteiger partial charge in [0.05, 0.1) is 12.4 Å². The van der Waals surface area contributed by atoms with Crippen molar-refractivity contribution in [1.29, 1.82) is 0 Å². The lowest BCUT2D eigenvalue weighted by Gasteiger charge is -2.16. The Balaban J connectivity index is 2.11. The van der Waals surface area contributed by atoms with Gasteiger partial charge in [-0.2, -0.15) is 0 Å². The van der Waals surface area contributed by atoms with E-state index in [0.29, 0.717) is 31.5 Å². The Bertz CT molecular complexity index is 275. The summed E-state index contributed by atoms with van der Waals surface area (Å²) in [7, 11) is -1.63. The molecule has 5 nitrogen and oxygen atoms in total. The third kappa shape index (κ3) is 6.09. The highest BCUT2D eigenvalue weighted by molar-refractivity contribution is 7.89. The second kappa shape index (κ2) is 5.79. The summed E-state index contributed by atoms with van der Waals surface area (Å²) in [6.45, 7) is 1.38. The topological polar surface area (TPSA) is 81.4 Å². The molecule has 0 aromatic carbocycles. The lowest BCUT2D eigenvalue weighted by molar-refractivity contribution is 0.158. The molecule has 0 aromatic rings. The van der Waals surface area contributed by atoms with E-state index in [1.807, 2.05) is 0 Å². The van der Waals surface area contributed by atoms with Crippen molar-refractivity contribution in [2.45, 2.75) is 25.3 Å². The first kappa shape index (κ1) is 12.9. The summed E-state index contributed by atoms with van der Waals surface area (Å²) < 4.78 is 26.4. The molecule has 6 heteroatoms. The number of ether oxygens (including phenoxy) is 1. The lowest BCUT2D eigenvalue weighted by Crippen LogP contribution is -2.36. The molecule has 0 bridgehead atoms. The molecule has 0 aromatic heterocycles. The van der Waals surface area contributed by atoms with Crippen LogP contribution in [0.4, 0.5) is 0 Å². The van der Waals surface area contributed by atoms with Crippen molar-refractivity contribution >= 4 is 10.0 Å². The molecule has 0 saturated heterocycles. The molecule has 0 aliphatic heterocycles. The fourth-order valence-electron chi connectivity index (χ4n) is 1.60. The smallest absolute Gasteiger partial charge is 0.209 e. The van der Waals surface area contributed by atoms with Gasteiger partial charge in [-0.1, -0.05) is 0 Å². The molecular formula is C9H20N2O3S. The molecule has 1 fully saturated rings. The molecule has 1 rings (SSSR count).